The molecule has 138 valence electrons. The highest BCUT2D eigenvalue weighted by Crippen LogP contribution is 2.24. The van der Waals surface area contributed by atoms with Gasteiger partial charge < -0.3 is 4.90 Å². The van der Waals surface area contributed by atoms with Gasteiger partial charge in [-0.1, -0.05) is 65.7 Å². The average molecular weight is 399 g/mol. The van der Waals surface area contributed by atoms with Crippen LogP contribution in [0.5, 0.6) is 0 Å². The van der Waals surface area contributed by atoms with Gasteiger partial charge in [0.1, 0.15) is 0 Å². The van der Waals surface area contributed by atoms with Crippen molar-refractivity contribution < 1.29 is 4.79 Å². The van der Waals surface area contributed by atoms with Gasteiger partial charge in [-0.25, -0.2) is 0 Å². The summed E-state index contributed by atoms with van der Waals surface area (Å²) < 4.78 is 0. The number of pyridine rings is 1. The van der Waals surface area contributed by atoms with Crippen LogP contribution in [0.3, 0.4) is 0 Å². The van der Waals surface area contributed by atoms with Crippen LogP contribution in [0.25, 0.3) is 0 Å². The van der Waals surface area contributed by atoms with Gasteiger partial charge in [-0.3, -0.25) is 9.78 Å². The third-order valence-electron chi connectivity index (χ3n) is 4.26. The fourth-order valence-corrected chi connectivity index (χ4v) is 3.15. The topological polar surface area (TPSA) is 33.2 Å². The minimum atomic E-state index is 0.0792. The standard InChI is InChI=1S/C22H20Cl2N2O/c23-20-11-9-18(14-21(20)24)15-26(16-19-8-4-5-13-25-19)22(27)12-10-17-6-2-1-3-7-17/h1-9,11,13-14H,10,12,15-16H2. The third kappa shape index (κ3) is 5.81. The number of aromatic nitrogens is 1. The quantitative estimate of drug-likeness (QED) is 0.522. The summed E-state index contributed by atoms with van der Waals surface area (Å²) in [5.41, 5.74) is 2.94. The first-order valence-corrected chi connectivity index (χ1v) is 9.53. The molecule has 0 aliphatic heterocycles. The molecule has 1 amide bonds. The molecule has 1 aromatic heterocycles. The average Bonchev–Trinajstić information content (AvgIpc) is 2.70. The van der Waals surface area contributed by atoms with E-state index >= 15 is 0 Å². The van der Waals surface area contributed by atoms with Gasteiger partial charge in [0.05, 0.1) is 22.3 Å². The van der Waals surface area contributed by atoms with Gasteiger partial charge in [-0.15, -0.1) is 0 Å². The number of rotatable bonds is 7. The molecule has 0 atom stereocenters. The number of halogens is 2. The third-order valence-corrected chi connectivity index (χ3v) is 5.00. The van der Waals surface area contributed by atoms with E-state index in [9.17, 15) is 4.79 Å². The molecule has 5 heteroatoms. The molecule has 27 heavy (non-hydrogen) atoms. The van der Waals surface area contributed by atoms with Gasteiger partial charge in [-0.05, 0) is 41.8 Å². The molecular weight excluding hydrogens is 379 g/mol. The van der Waals surface area contributed by atoms with E-state index in [1.54, 1.807) is 18.3 Å². The Bertz CT molecular complexity index is 885. The molecule has 3 rings (SSSR count). The second kappa shape index (κ2) is 9.54. The lowest BCUT2D eigenvalue weighted by Crippen LogP contribution is -2.30. The maximum Gasteiger partial charge on any atom is 0.223 e. The van der Waals surface area contributed by atoms with E-state index in [1.165, 1.54) is 0 Å². The van der Waals surface area contributed by atoms with Crippen molar-refractivity contribution in [3.8, 4) is 0 Å². The molecule has 0 bridgehead atoms. The Balaban J connectivity index is 1.73. The number of nitrogens with zero attached hydrogens (tertiary/aromatic N) is 2. The minimum absolute atomic E-state index is 0.0792. The summed E-state index contributed by atoms with van der Waals surface area (Å²) in [6, 6.07) is 21.2. The van der Waals surface area contributed by atoms with E-state index in [2.05, 4.69) is 4.98 Å². The number of carbonyl (C=O) groups is 1. The molecule has 0 saturated heterocycles. The number of aryl methyl sites for hydroxylation is 1. The molecule has 0 spiro atoms. The van der Waals surface area contributed by atoms with Crippen molar-refractivity contribution in [3.63, 3.8) is 0 Å². The lowest BCUT2D eigenvalue weighted by molar-refractivity contribution is -0.132. The second-order valence-corrected chi connectivity index (χ2v) is 7.12. The van der Waals surface area contributed by atoms with Crippen LogP contribution in [0, 0.1) is 0 Å². The van der Waals surface area contributed by atoms with Gasteiger partial charge in [0.15, 0.2) is 0 Å². The van der Waals surface area contributed by atoms with E-state index in [0.717, 1.165) is 16.8 Å². The zero-order valence-electron chi connectivity index (χ0n) is 14.8. The van der Waals surface area contributed by atoms with Crippen molar-refractivity contribution in [1.82, 2.24) is 9.88 Å². The van der Waals surface area contributed by atoms with Crippen molar-refractivity contribution in [2.45, 2.75) is 25.9 Å². The van der Waals surface area contributed by atoms with Crippen LogP contribution in [-0.2, 0) is 24.3 Å². The second-order valence-electron chi connectivity index (χ2n) is 6.30. The van der Waals surface area contributed by atoms with Gasteiger partial charge in [0.25, 0.3) is 0 Å². The number of amides is 1. The van der Waals surface area contributed by atoms with E-state index in [-0.39, 0.29) is 5.91 Å². The Morgan fingerprint density at radius 2 is 1.63 bits per heavy atom. The highest BCUT2D eigenvalue weighted by atomic mass is 35.5. The minimum Gasteiger partial charge on any atom is -0.332 e. The molecule has 0 N–H and O–H groups in total. The maximum absolute atomic E-state index is 12.9. The summed E-state index contributed by atoms with van der Waals surface area (Å²) in [6.45, 7) is 0.912. The van der Waals surface area contributed by atoms with Crippen molar-refractivity contribution in [2.75, 3.05) is 0 Å². The largest absolute Gasteiger partial charge is 0.332 e. The Labute approximate surface area is 169 Å². The van der Waals surface area contributed by atoms with Crippen LogP contribution < -0.4 is 0 Å². The zero-order chi connectivity index (χ0) is 19.1. The Morgan fingerprint density at radius 3 is 2.33 bits per heavy atom. The fourth-order valence-electron chi connectivity index (χ4n) is 2.83. The molecule has 0 radical (unpaired) electrons. The predicted octanol–water partition coefficient (Wildman–Crippen LogP) is 5.55. The van der Waals surface area contributed by atoms with E-state index in [4.69, 9.17) is 23.2 Å². The Hall–Kier alpha value is -2.36. The predicted molar refractivity (Wildman–Crippen MR) is 110 cm³/mol. The Morgan fingerprint density at radius 1 is 0.852 bits per heavy atom. The van der Waals surface area contributed by atoms with Gasteiger partial charge in [0, 0.05) is 19.2 Å². The van der Waals surface area contributed by atoms with Crippen molar-refractivity contribution in [2.24, 2.45) is 0 Å². The van der Waals surface area contributed by atoms with Crippen molar-refractivity contribution >= 4 is 29.1 Å². The van der Waals surface area contributed by atoms with Crippen molar-refractivity contribution in [1.29, 1.82) is 0 Å². The molecule has 3 nitrogen and oxygen atoms in total. The molecule has 2 aromatic carbocycles. The highest BCUT2D eigenvalue weighted by molar-refractivity contribution is 6.42. The summed E-state index contributed by atoms with van der Waals surface area (Å²) in [4.78, 5) is 19.1. The SMILES string of the molecule is O=C(CCc1ccccc1)N(Cc1ccc(Cl)c(Cl)c1)Cc1ccccn1. The molecule has 0 saturated carbocycles. The van der Waals surface area contributed by atoms with E-state index in [1.807, 2.05) is 59.5 Å². The molecule has 0 fully saturated rings. The van der Waals surface area contributed by atoms with E-state index < -0.39 is 0 Å². The van der Waals surface area contributed by atoms with Crippen LogP contribution in [0.4, 0.5) is 0 Å². The van der Waals surface area contributed by atoms with Crippen LogP contribution >= 0.6 is 23.2 Å². The lowest BCUT2D eigenvalue weighted by atomic mass is 10.1. The van der Waals surface area contributed by atoms with Gasteiger partial charge in [-0.2, -0.15) is 0 Å². The number of hydrogen-bond acceptors (Lipinski definition) is 2. The van der Waals surface area contributed by atoms with Gasteiger partial charge >= 0.3 is 0 Å². The number of hydrogen-bond donors (Lipinski definition) is 0. The first kappa shape index (κ1) is 19.4. The summed E-state index contributed by atoms with van der Waals surface area (Å²) in [5.74, 6) is 0.0792. The van der Waals surface area contributed by atoms with Gasteiger partial charge in [0.2, 0.25) is 5.91 Å². The van der Waals surface area contributed by atoms with Crippen LogP contribution in [0.15, 0.2) is 72.9 Å². The normalized spacial score (nSPS) is 10.6. The molecule has 0 aliphatic carbocycles. The molecule has 0 unspecified atom stereocenters. The number of benzene rings is 2. The highest BCUT2D eigenvalue weighted by Gasteiger charge is 2.16. The molecule has 3 aromatic rings. The first-order valence-electron chi connectivity index (χ1n) is 8.77. The van der Waals surface area contributed by atoms with Crippen LogP contribution in [-0.4, -0.2) is 15.8 Å². The summed E-state index contributed by atoms with van der Waals surface area (Å²) in [6.07, 6.45) is 2.89. The monoisotopic (exact) mass is 398 g/mol. The smallest absolute Gasteiger partial charge is 0.223 e. The molecule has 1 heterocycles. The summed E-state index contributed by atoms with van der Waals surface area (Å²) >= 11 is 12.1. The first-order chi connectivity index (χ1) is 13.1. The summed E-state index contributed by atoms with van der Waals surface area (Å²) in [5, 5.41) is 0.996. The lowest BCUT2D eigenvalue weighted by Gasteiger charge is -2.23. The van der Waals surface area contributed by atoms with Crippen LogP contribution in [0.2, 0.25) is 10.0 Å². The fraction of sp³-hybridized carbons (Fsp3) is 0.182. The zero-order valence-corrected chi connectivity index (χ0v) is 16.3. The van der Waals surface area contributed by atoms with Crippen molar-refractivity contribution in [3.05, 3.63) is 99.8 Å². The molecular formula is C22H20Cl2N2O. The van der Waals surface area contributed by atoms with Crippen LogP contribution in [0.1, 0.15) is 23.2 Å². The molecule has 0 aliphatic rings. The maximum atomic E-state index is 12.9. The Kier molecular flexibility index (Phi) is 6.86. The summed E-state index contributed by atoms with van der Waals surface area (Å²) in [7, 11) is 0. The van der Waals surface area contributed by atoms with E-state index in [0.29, 0.717) is 36.0 Å². The number of carbonyl (C=O) groups excluding carboxylic acids is 1.